The molecule has 0 fully saturated rings. The highest BCUT2D eigenvalue weighted by Crippen LogP contribution is 2.39. The minimum absolute atomic E-state index is 0.0169. The summed E-state index contributed by atoms with van der Waals surface area (Å²) in [6.07, 6.45) is -10.1. The minimum atomic E-state index is -5.03. The summed E-state index contributed by atoms with van der Waals surface area (Å²) < 4.78 is 137. The number of phenols is 1. The van der Waals surface area contributed by atoms with E-state index in [9.17, 15) is 84.0 Å². The van der Waals surface area contributed by atoms with Gasteiger partial charge in [-0.05, 0) is 35.4 Å². The predicted molar refractivity (Wildman–Crippen MR) is 254 cm³/mol. The Bertz CT molecular complexity index is 3740. The van der Waals surface area contributed by atoms with Crippen molar-refractivity contribution in [1.29, 1.82) is 0 Å². The molecule has 18 nitrogen and oxygen atoms in total. The van der Waals surface area contributed by atoms with Gasteiger partial charge in [0.15, 0.2) is 34.6 Å². The lowest BCUT2D eigenvalue weighted by Crippen LogP contribution is -2.41. The summed E-state index contributed by atoms with van der Waals surface area (Å²) in [5, 5.41) is 31.6. The van der Waals surface area contributed by atoms with Crippen LogP contribution in [0.15, 0.2) is 165 Å². The van der Waals surface area contributed by atoms with Crippen molar-refractivity contribution in [3.8, 4) is 40.1 Å². The summed E-state index contributed by atoms with van der Waals surface area (Å²) in [5.74, 6) is -4.24. The van der Waals surface area contributed by atoms with Crippen molar-refractivity contribution >= 4 is 11.4 Å². The first kappa shape index (κ1) is 56.3. The van der Waals surface area contributed by atoms with E-state index in [0.717, 1.165) is 18.2 Å². The number of para-hydroxylation sites is 4. The van der Waals surface area contributed by atoms with Gasteiger partial charge in [-0.3, -0.25) is 39.0 Å². The molecule has 2 heterocycles. The Morgan fingerprint density at radius 1 is 0.494 bits per heavy atom. The van der Waals surface area contributed by atoms with Crippen molar-refractivity contribution in [3.63, 3.8) is 0 Å². The quantitative estimate of drug-likeness (QED) is 0.0686. The molecule has 0 amide bonds. The van der Waals surface area contributed by atoms with Gasteiger partial charge < -0.3 is 19.3 Å². The number of nitro groups is 2. The Kier molecular flexibility index (Phi) is 17.2. The second-order valence-electron chi connectivity index (χ2n) is 15.7. The monoisotopic (exact) mass is 1080 g/mol. The molecule has 0 unspecified atom stereocenters. The molecule has 2 aromatic heterocycles. The molecule has 27 heteroatoms. The Labute approximate surface area is 424 Å². The summed E-state index contributed by atoms with van der Waals surface area (Å²) in [6, 6.07) is 33.5. The molecule has 0 aliphatic rings. The SMILES string of the molecule is Cn1c(C(F)(F)F)cc(=O)n(-c2cc(F)c([N+](=O)[O-])cc2F)c1=O.Cn1c(C(F)(F)F)cc(=O)n(-c2cc(Oc3ccccc3OCc3ccccc3)c([N+](=O)[O-])cc2F)c1=O.Oc1ccccc1OCc1ccccc1. The second kappa shape index (κ2) is 23.5. The van der Waals surface area contributed by atoms with Crippen LogP contribution in [0.5, 0.6) is 28.7 Å². The number of aromatic nitrogens is 4. The van der Waals surface area contributed by atoms with E-state index >= 15 is 0 Å². The molecule has 0 spiro atoms. The van der Waals surface area contributed by atoms with Crippen LogP contribution in [0.4, 0.5) is 50.9 Å². The number of ether oxygens (including phenoxy) is 3. The zero-order valence-electron chi connectivity index (χ0n) is 39.3. The van der Waals surface area contributed by atoms with Crippen LogP contribution in [-0.2, 0) is 39.7 Å². The van der Waals surface area contributed by atoms with Crippen LogP contribution in [0.1, 0.15) is 22.5 Å². The third-order valence-electron chi connectivity index (χ3n) is 10.5. The first-order valence-corrected chi connectivity index (χ1v) is 21.6. The standard InChI is InChI=1S/C25H17F4N3O6.C13H12O2.C12H6F5N3O4/c1-30-22(25(27,28)29)13-23(33)31(24(30)34)17-12-21(18(32(35)36)11-16(17)26)38-20-10-6-5-9-19(20)37-14-15-7-3-2-4-8-15;14-12-8-4-5-9-13(12)15-10-11-6-2-1-3-7-11;1-18-9(12(15,16)17)4-10(21)19(11(18)22)7-2-6(14)8(20(23)24)3-5(7)13/h2-13H,14H2,1H3;1-9,14H,10H2;2-4H,1H3. The average Bonchev–Trinajstić information content (AvgIpc) is 3.38. The highest BCUT2D eigenvalue weighted by atomic mass is 19.4. The zero-order valence-corrected chi connectivity index (χ0v) is 39.3. The van der Waals surface area contributed by atoms with Gasteiger partial charge in [-0.25, -0.2) is 27.5 Å². The fourth-order valence-electron chi connectivity index (χ4n) is 6.83. The maximum atomic E-state index is 14.9. The fourth-order valence-corrected chi connectivity index (χ4v) is 6.83. The van der Waals surface area contributed by atoms with Crippen molar-refractivity contribution < 1.29 is 68.7 Å². The smallest absolute Gasteiger partial charge is 0.431 e. The molecule has 0 atom stereocenters. The molecule has 0 aliphatic heterocycles. The number of nitrogens with zero attached hydrogens (tertiary/aromatic N) is 6. The topological polar surface area (TPSA) is 222 Å². The van der Waals surface area contributed by atoms with Gasteiger partial charge in [0.25, 0.3) is 11.1 Å². The largest absolute Gasteiger partial charge is 0.504 e. The van der Waals surface area contributed by atoms with Crippen LogP contribution in [0.2, 0.25) is 0 Å². The van der Waals surface area contributed by atoms with Gasteiger partial charge in [0, 0.05) is 38.4 Å². The van der Waals surface area contributed by atoms with Crippen molar-refractivity contribution in [2.45, 2.75) is 25.6 Å². The minimum Gasteiger partial charge on any atom is -0.504 e. The van der Waals surface area contributed by atoms with E-state index in [1.807, 2.05) is 54.6 Å². The number of hydrogen-bond donors (Lipinski definition) is 1. The van der Waals surface area contributed by atoms with Crippen molar-refractivity contribution in [2.75, 3.05) is 0 Å². The van der Waals surface area contributed by atoms with Crippen LogP contribution < -0.4 is 36.7 Å². The summed E-state index contributed by atoms with van der Waals surface area (Å²) in [7, 11) is 1.43. The molecule has 8 aromatic rings. The summed E-state index contributed by atoms with van der Waals surface area (Å²) in [6.45, 7) is 0.591. The van der Waals surface area contributed by atoms with E-state index < -0.39 is 102 Å². The number of hydrogen-bond acceptors (Lipinski definition) is 12. The number of alkyl halides is 6. The molecule has 1 N–H and O–H groups in total. The van der Waals surface area contributed by atoms with E-state index in [4.69, 9.17) is 14.2 Å². The molecule has 0 saturated heterocycles. The maximum Gasteiger partial charge on any atom is 0.431 e. The molecule has 0 aliphatic carbocycles. The molecule has 77 heavy (non-hydrogen) atoms. The van der Waals surface area contributed by atoms with Crippen molar-refractivity contribution in [3.05, 3.63) is 247 Å². The molecular weight excluding hydrogens is 1050 g/mol. The van der Waals surface area contributed by atoms with Gasteiger partial charge in [0.05, 0.1) is 33.4 Å². The second-order valence-corrected chi connectivity index (χ2v) is 15.7. The third-order valence-corrected chi connectivity index (χ3v) is 10.5. The lowest BCUT2D eigenvalue weighted by Gasteiger charge is -2.16. The number of nitro benzene ring substituents is 2. The lowest BCUT2D eigenvalue weighted by molar-refractivity contribution is -0.387. The first-order chi connectivity index (χ1) is 36.3. The van der Waals surface area contributed by atoms with Gasteiger partial charge in [-0.2, -0.15) is 30.7 Å². The van der Waals surface area contributed by atoms with Crippen LogP contribution in [0, 0.1) is 37.7 Å². The van der Waals surface area contributed by atoms with E-state index in [0.29, 0.717) is 31.5 Å². The molecule has 0 bridgehead atoms. The third kappa shape index (κ3) is 13.4. The predicted octanol–water partition coefficient (Wildman–Crippen LogP) is 9.69. The number of rotatable bonds is 12. The van der Waals surface area contributed by atoms with Crippen LogP contribution in [0.25, 0.3) is 11.4 Å². The van der Waals surface area contributed by atoms with Crippen molar-refractivity contribution in [1.82, 2.24) is 18.3 Å². The summed E-state index contributed by atoms with van der Waals surface area (Å²) in [5.41, 5.74) is -11.4. The van der Waals surface area contributed by atoms with Crippen LogP contribution in [-0.4, -0.2) is 33.2 Å². The van der Waals surface area contributed by atoms with Gasteiger partial charge in [-0.1, -0.05) is 84.9 Å². The average molecular weight is 1080 g/mol. The number of halogens is 9. The molecular formula is C50H35F9N6O12. The maximum absolute atomic E-state index is 14.9. The zero-order chi connectivity index (χ0) is 56.5. The van der Waals surface area contributed by atoms with Gasteiger partial charge in [0.1, 0.15) is 24.6 Å². The molecule has 400 valence electrons. The highest BCUT2D eigenvalue weighted by Gasteiger charge is 2.37. The number of benzene rings is 6. The fraction of sp³-hybridized carbons (Fsp3) is 0.120. The van der Waals surface area contributed by atoms with E-state index in [1.54, 1.807) is 36.4 Å². The molecule has 0 radical (unpaired) electrons. The summed E-state index contributed by atoms with van der Waals surface area (Å²) in [4.78, 5) is 68.7. The molecule has 8 rings (SSSR count). The normalized spacial score (nSPS) is 11.1. The van der Waals surface area contributed by atoms with Crippen LogP contribution >= 0.6 is 0 Å². The van der Waals surface area contributed by atoms with Crippen LogP contribution in [0.3, 0.4) is 0 Å². The van der Waals surface area contributed by atoms with Gasteiger partial charge in [0.2, 0.25) is 11.6 Å². The summed E-state index contributed by atoms with van der Waals surface area (Å²) >= 11 is 0. The van der Waals surface area contributed by atoms with Gasteiger partial charge in [-0.15, -0.1) is 0 Å². The Balaban J connectivity index is 0.000000209. The highest BCUT2D eigenvalue weighted by molar-refractivity contribution is 5.57. The van der Waals surface area contributed by atoms with Crippen molar-refractivity contribution in [2.24, 2.45) is 14.1 Å². The van der Waals surface area contributed by atoms with E-state index in [2.05, 4.69) is 0 Å². The van der Waals surface area contributed by atoms with E-state index in [1.165, 1.54) is 18.2 Å². The Hall–Kier alpha value is -9.95. The molecule has 6 aromatic carbocycles. The first-order valence-electron chi connectivity index (χ1n) is 21.6. The number of aromatic hydroxyl groups is 1. The lowest BCUT2D eigenvalue weighted by atomic mass is 10.2. The Morgan fingerprint density at radius 3 is 1.32 bits per heavy atom. The number of phenolic OH excluding ortho intramolecular Hbond substituents is 1. The van der Waals surface area contributed by atoms with E-state index in [-0.39, 0.29) is 66.4 Å². The Morgan fingerprint density at radius 2 is 0.883 bits per heavy atom. The van der Waals surface area contributed by atoms with Gasteiger partial charge >= 0.3 is 35.1 Å². The molecule has 0 saturated carbocycles.